The zero-order chi connectivity index (χ0) is 16.7. The SMILES string of the molecule is CN(C)C(=O)Nc1cccc(CNC(=O)CCc2ccsc2)c1. The van der Waals surface area contributed by atoms with Crippen LogP contribution in [0.4, 0.5) is 10.5 Å². The largest absolute Gasteiger partial charge is 0.352 e. The first-order chi connectivity index (χ1) is 11.0. The van der Waals surface area contributed by atoms with Gasteiger partial charge in [-0.1, -0.05) is 12.1 Å². The maximum absolute atomic E-state index is 11.9. The molecule has 0 fully saturated rings. The number of aryl methyl sites for hydroxylation is 1. The van der Waals surface area contributed by atoms with Crippen molar-refractivity contribution < 1.29 is 9.59 Å². The van der Waals surface area contributed by atoms with Crippen molar-refractivity contribution in [3.63, 3.8) is 0 Å². The highest BCUT2D eigenvalue weighted by Gasteiger charge is 2.06. The molecule has 2 aromatic rings. The first kappa shape index (κ1) is 17.0. The fraction of sp³-hybridized carbons (Fsp3) is 0.294. The molecule has 0 aliphatic carbocycles. The van der Waals surface area contributed by atoms with E-state index >= 15 is 0 Å². The minimum absolute atomic E-state index is 0.0268. The summed E-state index contributed by atoms with van der Waals surface area (Å²) >= 11 is 1.64. The summed E-state index contributed by atoms with van der Waals surface area (Å²) in [7, 11) is 3.37. The molecule has 0 aliphatic rings. The normalized spacial score (nSPS) is 10.2. The van der Waals surface area contributed by atoms with E-state index in [2.05, 4.69) is 16.0 Å². The van der Waals surface area contributed by atoms with Crippen LogP contribution in [0.15, 0.2) is 41.1 Å². The molecule has 0 bridgehead atoms. The maximum atomic E-state index is 11.9. The van der Waals surface area contributed by atoms with E-state index in [0.29, 0.717) is 18.7 Å². The van der Waals surface area contributed by atoms with Gasteiger partial charge in [0.15, 0.2) is 0 Å². The molecule has 0 spiro atoms. The van der Waals surface area contributed by atoms with Gasteiger partial charge in [0.1, 0.15) is 0 Å². The van der Waals surface area contributed by atoms with Crippen molar-refractivity contribution in [2.45, 2.75) is 19.4 Å². The monoisotopic (exact) mass is 331 g/mol. The lowest BCUT2D eigenvalue weighted by Gasteiger charge is -2.13. The Morgan fingerprint density at radius 3 is 2.70 bits per heavy atom. The molecule has 1 heterocycles. The van der Waals surface area contributed by atoms with E-state index in [1.807, 2.05) is 35.7 Å². The molecular formula is C17H21N3O2S. The van der Waals surface area contributed by atoms with Crippen LogP contribution in [0, 0.1) is 0 Å². The number of anilines is 1. The molecule has 2 N–H and O–H groups in total. The number of urea groups is 1. The highest BCUT2D eigenvalue weighted by molar-refractivity contribution is 7.07. The molecule has 2 rings (SSSR count). The van der Waals surface area contributed by atoms with E-state index in [0.717, 1.165) is 12.0 Å². The molecule has 23 heavy (non-hydrogen) atoms. The Morgan fingerprint density at radius 1 is 1.17 bits per heavy atom. The predicted octanol–water partition coefficient (Wildman–Crippen LogP) is 3.09. The highest BCUT2D eigenvalue weighted by Crippen LogP contribution is 2.11. The summed E-state index contributed by atoms with van der Waals surface area (Å²) in [5, 5.41) is 9.77. The van der Waals surface area contributed by atoms with Gasteiger partial charge in [-0.25, -0.2) is 4.79 Å². The van der Waals surface area contributed by atoms with Crippen LogP contribution in [0.5, 0.6) is 0 Å². The van der Waals surface area contributed by atoms with Crippen LogP contribution in [0.2, 0.25) is 0 Å². The number of nitrogens with zero attached hydrogens (tertiary/aromatic N) is 1. The zero-order valence-electron chi connectivity index (χ0n) is 13.3. The molecule has 1 aromatic carbocycles. The Morgan fingerprint density at radius 2 is 2.00 bits per heavy atom. The Kier molecular flexibility index (Phi) is 6.17. The Bertz CT molecular complexity index is 654. The fourth-order valence-electron chi connectivity index (χ4n) is 1.98. The second kappa shape index (κ2) is 8.33. The lowest BCUT2D eigenvalue weighted by molar-refractivity contribution is -0.121. The summed E-state index contributed by atoms with van der Waals surface area (Å²) in [6.45, 7) is 0.453. The van der Waals surface area contributed by atoms with Crippen molar-refractivity contribution in [3.05, 3.63) is 52.2 Å². The van der Waals surface area contributed by atoms with Crippen LogP contribution in [-0.4, -0.2) is 30.9 Å². The first-order valence-corrected chi connectivity index (χ1v) is 8.34. The fourth-order valence-corrected chi connectivity index (χ4v) is 2.68. The van der Waals surface area contributed by atoms with Crippen LogP contribution in [0.1, 0.15) is 17.5 Å². The minimum atomic E-state index is -0.179. The van der Waals surface area contributed by atoms with Crippen molar-refractivity contribution in [2.24, 2.45) is 0 Å². The third-order valence-electron chi connectivity index (χ3n) is 3.29. The molecule has 6 heteroatoms. The van der Waals surface area contributed by atoms with Gasteiger partial charge in [-0.2, -0.15) is 11.3 Å². The smallest absolute Gasteiger partial charge is 0.321 e. The van der Waals surface area contributed by atoms with Gasteiger partial charge in [-0.3, -0.25) is 4.79 Å². The average molecular weight is 331 g/mol. The second-order valence-electron chi connectivity index (χ2n) is 5.43. The van der Waals surface area contributed by atoms with Crippen LogP contribution in [0.25, 0.3) is 0 Å². The van der Waals surface area contributed by atoms with Gasteiger partial charge in [0.25, 0.3) is 0 Å². The van der Waals surface area contributed by atoms with Gasteiger partial charge in [0, 0.05) is 32.7 Å². The molecule has 0 saturated heterocycles. The lowest BCUT2D eigenvalue weighted by Crippen LogP contribution is -2.27. The molecular weight excluding hydrogens is 310 g/mol. The third-order valence-corrected chi connectivity index (χ3v) is 4.03. The van der Waals surface area contributed by atoms with Crippen LogP contribution in [-0.2, 0) is 17.8 Å². The van der Waals surface area contributed by atoms with Crippen molar-refractivity contribution in [3.8, 4) is 0 Å². The van der Waals surface area contributed by atoms with Gasteiger partial charge in [-0.15, -0.1) is 0 Å². The highest BCUT2D eigenvalue weighted by atomic mass is 32.1. The average Bonchev–Trinajstić information content (AvgIpc) is 3.04. The molecule has 0 unspecified atom stereocenters. The molecule has 0 aliphatic heterocycles. The standard InChI is InChI=1S/C17H21N3O2S/c1-20(2)17(22)19-15-5-3-4-14(10-15)11-18-16(21)7-6-13-8-9-23-12-13/h3-5,8-10,12H,6-7,11H2,1-2H3,(H,18,21)(H,19,22). The summed E-state index contributed by atoms with van der Waals surface area (Å²) in [6.07, 6.45) is 1.24. The van der Waals surface area contributed by atoms with E-state index in [1.54, 1.807) is 25.4 Å². The predicted molar refractivity (Wildman–Crippen MR) is 93.6 cm³/mol. The van der Waals surface area contributed by atoms with Crippen molar-refractivity contribution in [1.29, 1.82) is 0 Å². The number of amides is 3. The molecule has 1 aromatic heterocycles. The Hall–Kier alpha value is -2.34. The number of carbonyl (C=O) groups is 2. The van der Waals surface area contributed by atoms with Crippen molar-refractivity contribution in [2.75, 3.05) is 19.4 Å². The van der Waals surface area contributed by atoms with Gasteiger partial charge in [0.2, 0.25) is 5.91 Å². The van der Waals surface area contributed by atoms with Crippen molar-refractivity contribution >= 4 is 29.0 Å². The number of hydrogen-bond acceptors (Lipinski definition) is 3. The topological polar surface area (TPSA) is 61.4 Å². The molecule has 3 amide bonds. The van der Waals surface area contributed by atoms with E-state index in [-0.39, 0.29) is 11.9 Å². The first-order valence-electron chi connectivity index (χ1n) is 7.39. The van der Waals surface area contributed by atoms with Gasteiger partial charge >= 0.3 is 6.03 Å². The summed E-state index contributed by atoms with van der Waals surface area (Å²) in [5.74, 6) is 0.0268. The van der Waals surface area contributed by atoms with Crippen LogP contribution in [0.3, 0.4) is 0 Å². The Balaban J connectivity index is 1.80. The molecule has 0 saturated carbocycles. The molecule has 0 atom stereocenters. The lowest BCUT2D eigenvalue weighted by atomic mass is 10.1. The van der Waals surface area contributed by atoms with E-state index in [1.165, 1.54) is 10.5 Å². The number of thiophene rings is 1. The molecule has 0 radical (unpaired) electrons. The number of benzene rings is 1. The molecule has 5 nitrogen and oxygen atoms in total. The van der Waals surface area contributed by atoms with E-state index < -0.39 is 0 Å². The van der Waals surface area contributed by atoms with Crippen LogP contribution >= 0.6 is 11.3 Å². The van der Waals surface area contributed by atoms with Gasteiger partial charge in [0.05, 0.1) is 0 Å². The number of hydrogen-bond donors (Lipinski definition) is 2. The molecule has 122 valence electrons. The second-order valence-corrected chi connectivity index (χ2v) is 6.21. The summed E-state index contributed by atoms with van der Waals surface area (Å²) in [4.78, 5) is 25.0. The van der Waals surface area contributed by atoms with Gasteiger partial charge in [-0.05, 0) is 46.5 Å². The zero-order valence-corrected chi connectivity index (χ0v) is 14.2. The maximum Gasteiger partial charge on any atom is 0.321 e. The van der Waals surface area contributed by atoms with E-state index in [4.69, 9.17) is 0 Å². The quantitative estimate of drug-likeness (QED) is 0.854. The number of rotatable bonds is 6. The minimum Gasteiger partial charge on any atom is -0.352 e. The number of carbonyl (C=O) groups excluding carboxylic acids is 2. The number of nitrogens with one attached hydrogen (secondary N) is 2. The van der Waals surface area contributed by atoms with E-state index in [9.17, 15) is 9.59 Å². The summed E-state index contributed by atoms with van der Waals surface area (Å²) in [6, 6.07) is 9.32. The Labute approximate surface area is 140 Å². The third kappa shape index (κ3) is 5.75. The summed E-state index contributed by atoms with van der Waals surface area (Å²) < 4.78 is 0. The van der Waals surface area contributed by atoms with Crippen molar-refractivity contribution in [1.82, 2.24) is 10.2 Å². The van der Waals surface area contributed by atoms with Crippen LogP contribution < -0.4 is 10.6 Å². The summed E-state index contributed by atoms with van der Waals surface area (Å²) in [5.41, 5.74) is 2.86. The van der Waals surface area contributed by atoms with Gasteiger partial charge < -0.3 is 15.5 Å².